The van der Waals surface area contributed by atoms with E-state index in [9.17, 15) is 4.79 Å². The molecule has 0 saturated carbocycles. The molecule has 3 heteroatoms. The second-order valence-corrected chi connectivity index (χ2v) is 4.88. The Morgan fingerprint density at radius 2 is 1.74 bits per heavy atom. The number of benzene rings is 2. The lowest BCUT2D eigenvalue weighted by atomic mass is 9.97. The van der Waals surface area contributed by atoms with Crippen LogP contribution in [0.4, 0.5) is 5.69 Å². The maximum atomic E-state index is 10.9. The van der Waals surface area contributed by atoms with Gasteiger partial charge in [0.1, 0.15) is 0 Å². The number of nitrogen functional groups attached to an aromatic ring is 1. The van der Waals surface area contributed by atoms with E-state index in [0.29, 0.717) is 11.6 Å². The molecule has 0 aliphatic carbocycles. The van der Waals surface area contributed by atoms with Crippen molar-refractivity contribution in [2.24, 2.45) is 0 Å². The molecule has 3 nitrogen and oxygen atoms in total. The minimum Gasteiger partial charge on any atom is -0.478 e. The summed E-state index contributed by atoms with van der Waals surface area (Å²) in [5, 5.41) is 8.91. The highest BCUT2D eigenvalue weighted by molar-refractivity contribution is 5.91. The van der Waals surface area contributed by atoms with E-state index >= 15 is 0 Å². The van der Waals surface area contributed by atoms with Crippen LogP contribution in [0.1, 0.15) is 35.7 Å². The lowest BCUT2D eigenvalue weighted by Gasteiger charge is -2.09. The Labute approximate surface area is 112 Å². The molecule has 3 N–H and O–H groups in total. The lowest BCUT2D eigenvalue weighted by molar-refractivity contribution is 0.0697. The van der Waals surface area contributed by atoms with Crippen molar-refractivity contribution >= 4 is 11.7 Å². The van der Waals surface area contributed by atoms with Gasteiger partial charge in [-0.15, -0.1) is 0 Å². The van der Waals surface area contributed by atoms with Crippen LogP contribution in [0.25, 0.3) is 11.1 Å². The summed E-state index contributed by atoms with van der Waals surface area (Å²) in [5.41, 5.74) is 9.75. The fraction of sp³-hybridized carbons (Fsp3) is 0.188. The molecule has 2 aromatic rings. The van der Waals surface area contributed by atoms with Crippen molar-refractivity contribution in [1.29, 1.82) is 0 Å². The number of hydrogen-bond acceptors (Lipinski definition) is 2. The molecule has 0 atom stereocenters. The van der Waals surface area contributed by atoms with Gasteiger partial charge in [-0.2, -0.15) is 0 Å². The molecule has 0 aromatic heterocycles. The summed E-state index contributed by atoms with van der Waals surface area (Å²) in [7, 11) is 0. The summed E-state index contributed by atoms with van der Waals surface area (Å²) in [4.78, 5) is 10.9. The molecule has 0 unspecified atom stereocenters. The molecular formula is C16H17NO2. The Kier molecular flexibility index (Phi) is 3.56. The standard InChI is InChI=1S/C16H17NO2/c1-10(2)11-3-5-12(6-4-11)14-8-7-13(16(18)19)9-15(14)17/h3-10H,17H2,1-2H3,(H,18,19). The number of carbonyl (C=O) groups is 1. The van der Waals surface area contributed by atoms with Crippen LogP contribution in [0.15, 0.2) is 42.5 Å². The third kappa shape index (κ3) is 2.76. The van der Waals surface area contributed by atoms with E-state index in [1.54, 1.807) is 12.1 Å². The summed E-state index contributed by atoms with van der Waals surface area (Å²) in [6.07, 6.45) is 0. The first-order valence-corrected chi connectivity index (χ1v) is 6.22. The molecule has 0 aliphatic rings. The van der Waals surface area contributed by atoms with E-state index in [0.717, 1.165) is 11.1 Å². The molecule has 0 amide bonds. The predicted molar refractivity (Wildman–Crippen MR) is 77.3 cm³/mol. The van der Waals surface area contributed by atoms with Crippen LogP contribution in [-0.2, 0) is 0 Å². The quantitative estimate of drug-likeness (QED) is 0.821. The Morgan fingerprint density at radius 1 is 1.11 bits per heavy atom. The van der Waals surface area contributed by atoms with Gasteiger partial charge in [0.2, 0.25) is 0 Å². The SMILES string of the molecule is CC(C)c1ccc(-c2ccc(C(=O)O)cc2N)cc1. The van der Waals surface area contributed by atoms with Crippen LogP contribution in [0.5, 0.6) is 0 Å². The highest BCUT2D eigenvalue weighted by Gasteiger charge is 2.08. The number of carboxylic acids is 1. The zero-order valence-corrected chi connectivity index (χ0v) is 11.1. The van der Waals surface area contributed by atoms with E-state index in [1.807, 2.05) is 12.1 Å². The van der Waals surface area contributed by atoms with Crippen LogP contribution < -0.4 is 5.73 Å². The largest absolute Gasteiger partial charge is 0.478 e. The number of aromatic carboxylic acids is 1. The number of hydrogen-bond donors (Lipinski definition) is 2. The van der Waals surface area contributed by atoms with Crippen molar-refractivity contribution < 1.29 is 9.90 Å². The third-order valence-electron chi connectivity index (χ3n) is 3.19. The Bertz CT molecular complexity index is 601. The average Bonchev–Trinajstić information content (AvgIpc) is 2.38. The van der Waals surface area contributed by atoms with Crippen molar-refractivity contribution in [2.75, 3.05) is 5.73 Å². The Hall–Kier alpha value is -2.29. The molecule has 0 fully saturated rings. The van der Waals surface area contributed by atoms with Crippen molar-refractivity contribution in [3.05, 3.63) is 53.6 Å². The van der Waals surface area contributed by atoms with Crippen molar-refractivity contribution in [2.45, 2.75) is 19.8 Å². The summed E-state index contributed by atoms with van der Waals surface area (Å²) in [6, 6.07) is 13.0. The zero-order chi connectivity index (χ0) is 14.0. The van der Waals surface area contributed by atoms with Gasteiger partial charge < -0.3 is 10.8 Å². The molecule has 0 aliphatic heterocycles. The van der Waals surface area contributed by atoms with Gasteiger partial charge in [-0.25, -0.2) is 4.79 Å². The van der Waals surface area contributed by atoms with E-state index < -0.39 is 5.97 Å². The van der Waals surface area contributed by atoms with Crippen molar-refractivity contribution in [3.63, 3.8) is 0 Å². The van der Waals surface area contributed by atoms with E-state index in [2.05, 4.69) is 26.0 Å². The van der Waals surface area contributed by atoms with Crippen molar-refractivity contribution in [3.8, 4) is 11.1 Å². The van der Waals surface area contributed by atoms with Gasteiger partial charge in [0.05, 0.1) is 5.56 Å². The van der Waals surface area contributed by atoms with Crippen LogP contribution in [0.3, 0.4) is 0 Å². The van der Waals surface area contributed by atoms with Gasteiger partial charge in [-0.3, -0.25) is 0 Å². The van der Waals surface area contributed by atoms with Gasteiger partial charge in [-0.05, 0) is 29.2 Å². The summed E-state index contributed by atoms with van der Waals surface area (Å²) >= 11 is 0. The van der Waals surface area contributed by atoms with E-state index in [1.165, 1.54) is 11.6 Å². The number of carboxylic acid groups (broad SMARTS) is 1. The molecule has 0 radical (unpaired) electrons. The predicted octanol–water partition coefficient (Wildman–Crippen LogP) is 3.76. The molecule has 2 aromatic carbocycles. The highest BCUT2D eigenvalue weighted by atomic mass is 16.4. The van der Waals surface area contributed by atoms with Crippen LogP contribution in [0, 0.1) is 0 Å². The second kappa shape index (κ2) is 5.14. The van der Waals surface area contributed by atoms with Crippen LogP contribution >= 0.6 is 0 Å². The van der Waals surface area contributed by atoms with Gasteiger partial charge in [0.15, 0.2) is 0 Å². The maximum absolute atomic E-state index is 10.9. The molecule has 19 heavy (non-hydrogen) atoms. The van der Waals surface area contributed by atoms with E-state index in [4.69, 9.17) is 10.8 Å². The summed E-state index contributed by atoms with van der Waals surface area (Å²) < 4.78 is 0. The molecule has 0 bridgehead atoms. The number of nitrogens with two attached hydrogens (primary N) is 1. The van der Waals surface area contributed by atoms with Crippen LogP contribution in [0.2, 0.25) is 0 Å². The third-order valence-corrected chi connectivity index (χ3v) is 3.19. The number of anilines is 1. The fourth-order valence-corrected chi connectivity index (χ4v) is 2.01. The average molecular weight is 255 g/mol. The van der Waals surface area contributed by atoms with Crippen molar-refractivity contribution in [1.82, 2.24) is 0 Å². The summed E-state index contributed by atoms with van der Waals surface area (Å²) in [6.45, 7) is 4.29. The monoisotopic (exact) mass is 255 g/mol. The van der Waals surface area contributed by atoms with Gasteiger partial charge in [0, 0.05) is 11.3 Å². The first kappa shape index (κ1) is 13.1. The molecule has 0 spiro atoms. The zero-order valence-electron chi connectivity index (χ0n) is 11.1. The van der Waals surface area contributed by atoms with Gasteiger partial charge >= 0.3 is 5.97 Å². The van der Waals surface area contributed by atoms with Gasteiger partial charge in [-0.1, -0.05) is 44.2 Å². The molecular weight excluding hydrogens is 238 g/mol. The minimum atomic E-state index is -0.964. The molecule has 0 heterocycles. The normalized spacial score (nSPS) is 10.7. The highest BCUT2D eigenvalue weighted by Crippen LogP contribution is 2.28. The smallest absolute Gasteiger partial charge is 0.335 e. The Morgan fingerprint density at radius 3 is 2.21 bits per heavy atom. The first-order chi connectivity index (χ1) is 8.99. The topological polar surface area (TPSA) is 63.3 Å². The number of rotatable bonds is 3. The van der Waals surface area contributed by atoms with Crippen LogP contribution in [-0.4, -0.2) is 11.1 Å². The second-order valence-electron chi connectivity index (χ2n) is 4.88. The summed E-state index contributed by atoms with van der Waals surface area (Å²) in [5.74, 6) is -0.478. The van der Waals surface area contributed by atoms with Gasteiger partial charge in [0.25, 0.3) is 0 Å². The fourth-order valence-electron chi connectivity index (χ4n) is 2.01. The van der Waals surface area contributed by atoms with E-state index in [-0.39, 0.29) is 5.56 Å². The maximum Gasteiger partial charge on any atom is 0.335 e. The molecule has 98 valence electrons. The minimum absolute atomic E-state index is 0.208. The Balaban J connectivity index is 2.39. The molecule has 0 saturated heterocycles. The first-order valence-electron chi connectivity index (χ1n) is 6.22. The lowest BCUT2D eigenvalue weighted by Crippen LogP contribution is -1.99. The molecule has 2 rings (SSSR count).